The van der Waals surface area contributed by atoms with Crippen LogP contribution in [0.4, 0.5) is 17.1 Å². The van der Waals surface area contributed by atoms with Gasteiger partial charge in [0.1, 0.15) is 11.2 Å². The molecular weight excluding hydrogens is 534 g/mol. The summed E-state index contributed by atoms with van der Waals surface area (Å²) >= 11 is 0. The molecule has 44 heavy (non-hydrogen) atoms. The minimum Gasteiger partial charge on any atom is -0.455 e. The molecule has 0 radical (unpaired) electrons. The smallest absolute Gasteiger partial charge is 0.145 e. The molecule has 8 aromatic carbocycles. The van der Waals surface area contributed by atoms with E-state index in [0.717, 1.165) is 55.5 Å². The van der Waals surface area contributed by atoms with Gasteiger partial charge in [0.05, 0.1) is 11.4 Å². The van der Waals surface area contributed by atoms with Crippen molar-refractivity contribution in [3.8, 4) is 11.1 Å². The van der Waals surface area contributed by atoms with Gasteiger partial charge in [0, 0.05) is 32.8 Å². The summed E-state index contributed by atoms with van der Waals surface area (Å²) in [5.41, 5.74) is 7.29. The Morgan fingerprint density at radius 3 is 1.73 bits per heavy atom. The average molecular weight is 562 g/mol. The first kappa shape index (κ1) is 24.7. The molecule has 0 unspecified atom stereocenters. The van der Waals surface area contributed by atoms with E-state index in [9.17, 15) is 0 Å². The van der Waals surface area contributed by atoms with E-state index in [4.69, 9.17) is 4.42 Å². The normalized spacial score (nSPS) is 11.6. The first-order valence-corrected chi connectivity index (χ1v) is 15.0. The van der Waals surface area contributed by atoms with Crippen LogP contribution in [0, 0.1) is 0 Å². The van der Waals surface area contributed by atoms with Crippen molar-refractivity contribution in [2.45, 2.75) is 0 Å². The molecule has 0 aliphatic rings. The van der Waals surface area contributed by atoms with Crippen LogP contribution in [-0.4, -0.2) is 0 Å². The number of hydrogen-bond donors (Lipinski definition) is 0. The predicted octanol–water partition coefficient (Wildman–Crippen LogP) is 12.2. The van der Waals surface area contributed by atoms with E-state index in [2.05, 4.69) is 169 Å². The van der Waals surface area contributed by atoms with Gasteiger partial charge in [-0.15, -0.1) is 0 Å². The molecule has 0 saturated heterocycles. The predicted molar refractivity (Wildman–Crippen MR) is 186 cm³/mol. The molecule has 0 aliphatic carbocycles. The molecule has 206 valence electrons. The third-order valence-electron chi connectivity index (χ3n) is 8.82. The van der Waals surface area contributed by atoms with E-state index in [-0.39, 0.29) is 0 Å². The Balaban J connectivity index is 1.46. The van der Waals surface area contributed by atoms with Gasteiger partial charge in [-0.1, -0.05) is 133 Å². The van der Waals surface area contributed by atoms with Crippen molar-refractivity contribution in [3.63, 3.8) is 0 Å². The number of benzene rings is 8. The molecule has 2 heteroatoms. The van der Waals surface area contributed by atoms with Crippen LogP contribution in [0.1, 0.15) is 0 Å². The second-order valence-corrected chi connectivity index (χ2v) is 11.3. The Labute approximate surface area is 255 Å². The molecule has 0 N–H and O–H groups in total. The van der Waals surface area contributed by atoms with Crippen molar-refractivity contribution in [2.24, 2.45) is 0 Å². The third kappa shape index (κ3) is 3.68. The van der Waals surface area contributed by atoms with Crippen molar-refractivity contribution < 1.29 is 4.42 Å². The van der Waals surface area contributed by atoms with E-state index < -0.39 is 0 Å². The van der Waals surface area contributed by atoms with Crippen LogP contribution in [0.5, 0.6) is 0 Å². The van der Waals surface area contributed by atoms with Crippen LogP contribution in [-0.2, 0) is 0 Å². The van der Waals surface area contributed by atoms with Crippen LogP contribution in [0.2, 0.25) is 0 Å². The van der Waals surface area contributed by atoms with Gasteiger partial charge >= 0.3 is 0 Å². The molecule has 0 fully saturated rings. The van der Waals surface area contributed by atoms with Crippen molar-refractivity contribution in [1.29, 1.82) is 0 Å². The van der Waals surface area contributed by atoms with E-state index in [0.29, 0.717) is 0 Å². The number of rotatable bonds is 4. The highest BCUT2D eigenvalue weighted by molar-refractivity contribution is 6.31. The van der Waals surface area contributed by atoms with Gasteiger partial charge in [-0.3, -0.25) is 0 Å². The first-order chi connectivity index (χ1) is 21.9. The van der Waals surface area contributed by atoms with Crippen LogP contribution >= 0.6 is 0 Å². The summed E-state index contributed by atoms with van der Waals surface area (Å²) in [5, 5.41) is 9.47. The Hall–Kier alpha value is -5.86. The van der Waals surface area contributed by atoms with Gasteiger partial charge in [-0.25, -0.2) is 0 Å². The lowest BCUT2D eigenvalue weighted by molar-refractivity contribution is 0.674. The number of para-hydroxylation sites is 1. The highest BCUT2D eigenvalue weighted by atomic mass is 16.3. The average Bonchev–Trinajstić information content (AvgIpc) is 3.50. The lowest BCUT2D eigenvalue weighted by Gasteiger charge is -2.29. The van der Waals surface area contributed by atoms with Crippen molar-refractivity contribution >= 4 is 71.3 Å². The maximum atomic E-state index is 7.08. The number of fused-ring (bicyclic) bond motifs is 9. The Bertz CT molecular complexity index is 2490. The fourth-order valence-corrected chi connectivity index (χ4v) is 6.92. The quantitative estimate of drug-likeness (QED) is 0.199. The lowest BCUT2D eigenvalue weighted by atomic mass is 9.94. The minimum absolute atomic E-state index is 0.895. The maximum absolute atomic E-state index is 7.08. The highest BCUT2D eigenvalue weighted by Crippen LogP contribution is 2.49. The second-order valence-electron chi connectivity index (χ2n) is 11.3. The largest absolute Gasteiger partial charge is 0.455 e. The zero-order valence-corrected chi connectivity index (χ0v) is 23.9. The summed E-state index contributed by atoms with van der Waals surface area (Å²) in [6.07, 6.45) is 0. The number of hydrogen-bond acceptors (Lipinski definition) is 2. The zero-order chi connectivity index (χ0) is 29.0. The third-order valence-corrected chi connectivity index (χ3v) is 8.82. The molecule has 0 amide bonds. The molecule has 0 aliphatic heterocycles. The van der Waals surface area contributed by atoms with Gasteiger partial charge in [-0.05, 0) is 57.4 Å². The highest BCUT2D eigenvalue weighted by Gasteiger charge is 2.25. The van der Waals surface area contributed by atoms with Gasteiger partial charge in [0.25, 0.3) is 0 Å². The molecule has 1 heterocycles. The van der Waals surface area contributed by atoms with Gasteiger partial charge in [-0.2, -0.15) is 0 Å². The molecule has 0 spiro atoms. The Morgan fingerprint density at radius 1 is 0.364 bits per heavy atom. The fourth-order valence-electron chi connectivity index (χ4n) is 6.92. The van der Waals surface area contributed by atoms with Gasteiger partial charge < -0.3 is 9.32 Å². The minimum atomic E-state index is 0.895. The van der Waals surface area contributed by atoms with Crippen LogP contribution in [0.25, 0.3) is 65.4 Å². The Morgan fingerprint density at radius 2 is 0.955 bits per heavy atom. The van der Waals surface area contributed by atoms with E-state index >= 15 is 0 Å². The summed E-state index contributed by atoms with van der Waals surface area (Å²) < 4.78 is 7.08. The first-order valence-electron chi connectivity index (χ1n) is 15.0. The molecular formula is C42H27NO. The fraction of sp³-hybridized carbons (Fsp3) is 0. The van der Waals surface area contributed by atoms with Crippen molar-refractivity contribution in [2.75, 3.05) is 4.90 Å². The molecule has 0 atom stereocenters. The number of nitrogens with zero attached hydrogens (tertiary/aromatic N) is 1. The zero-order valence-electron chi connectivity index (χ0n) is 23.9. The second kappa shape index (κ2) is 9.86. The maximum Gasteiger partial charge on any atom is 0.145 e. The van der Waals surface area contributed by atoms with E-state index in [1.54, 1.807) is 0 Å². The topological polar surface area (TPSA) is 16.4 Å². The molecule has 0 saturated carbocycles. The number of furan rings is 1. The number of anilines is 3. The molecule has 9 aromatic rings. The summed E-state index contributed by atoms with van der Waals surface area (Å²) in [4.78, 5) is 2.38. The molecule has 2 nitrogen and oxygen atoms in total. The SMILES string of the molecule is c1ccc(-c2c(N(c3ccccc3)c3cccc4ccccc34)ccc3c2oc2c4ccccc4c4ccccc4c32)cc1. The van der Waals surface area contributed by atoms with Crippen LogP contribution in [0.15, 0.2) is 168 Å². The van der Waals surface area contributed by atoms with Gasteiger partial charge in [0.2, 0.25) is 0 Å². The summed E-state index contributed by atoms with van der Waals surface area (Å²) in [7, 11) is 0. The molecule has 1 aromatic heterocycles. The van der Waals surface area contributed by atoms with E-state index in [1.807, 2.05) is 0 Å². The standard InChI is InChI=1S/C42H27NO/c1-3-15-29(16-4-1)39-38(43(30-18-5-2-6-19-30)37-25-13-17-28-14-7-8-20-31(28)37)27-26-36-40-34-23-11-9-21-32(34)33-22-10-12-24-35(33)41(40)44-42(36)39/h1-27H. The van der Waals surface area contributed by atoms with Crippen molar-refractivity contribution in [1.82, 2.24) is 0 Å². The lowest BCUT2D eigenvalue weighted by Crippen LogP contribution is -2.11. The van der Waals surface area contributed by atoms with Crippen LogP contribution < -0.4 is 4.90 Å². The van der Waals surface area contributed by atoms with Gasteiger partial charge in [0.15, 0.2) is 0 Å². The van der Waals surface area contributed by atoms with E-state index in [1.165, 1.54) is 26.9 Å². The summed E-state index contributed by atoms with van der Waals surface area (Å²) in [5.74, 6) is 0. The molecule has 9 rings (SSSR count). The summed E-state index contributed by atoms with van der Waals surface area (Å²) in [6, 6.07) is 58.3. The van der Waals surface area contributed by atoms with Crippen LogP contribution in [0.3, 0.4) is 0 Å². The molecule has 0 bridgehead atoms. The summed E-state index contributed by atoms with van der Waals surface area (Å²) in [6.45, 7) is 0. The Kier molecular flexibility index (Phi) is 5.54. The monoisotopic (exact) mass is 561 g/mol. The van der Waals surface area contributed by atoms with Crippen molar-refractivity contribution in [3.05, 3.63) is 164 Å².